The second kappa shape index (κ2) is 8.83. The SMILES string of the molecule is O=C([O-])c1ccccc1C(=O)O.[O-]c1ccccc1.[Zn+2]. The molecule has 2 rings (SSSR count). The number of hydrogen-bond acceptors (Lipinski definition) is 4. The Hall–Kier alpha value is -2.20. The van der Waals surface area contributed by atoms with Crippen LogP contribution < -0.4 is 10.2 Å². The van der Waals surface area contributed by atoms with Crippen molar-refractivity contribution in [2.24, 2.45) is 0 Å². The molecule has 0 fully saturated rings. The van der Waals surface area contributed by atoms with E-state index in [0.29, 0.717) is 0 Å². The molecule has 2 aromatic carbocycles. The maximum atomic E-state index is 10.4. The van der Waals surface area contributed by atoms with Gasteiger partial charge in [0, 0.05) is 5.56 Å². The molecule has 5 nitrogen and oxygen atoms in total. The summed E-state index contributed by atoms with van der Waals surface area (Å²) < 4.78 is 0. The summed E-state index contributed by atoms with van der Waals surface area (Å²) in [5.74, 6) is -2.68. The van der Waals surface area contributed by atoms with Gasteiger partial charge in [0.15, 0.2) is 0 Å². The predicted molar refractivity (Wildman–Crippen MR) is 63.6 cm³/mol. The molecule has 0 radical (unpaired) electrons. The van der Waals surface area contributed by atoms with Crippen LogP contribution in [-0.2, 0) is 19.5 Å². The molecule has 0 spiro atoms. The first-order valence-electron chi connectivity index (χ1n) is 5.28. The van der Waals surface area contributed by atoms with Crippen molar-refractivity contribution >= 4 is 11.9 Å². The number of carbonyl (C=O) groups is 2. The van der Waals surface area contributed by atoms with Crippen molar-refractivity contribution in [1.29, 1.82) is 0 Å². The third kappa shape index (κ3) is 5.63. The third-order valence-electron chi connectivity index (χ3n) is 2.12. The van der Waals surface area contributed by atoms with Gasteiger partial charge in [-0.15, -0.1) is 5.75 Å². The average Bonchev–Trinajstić information content (AvgIpc) is 2.40. The van der Waals surface area contributed by atoms with Gasteiger partial charge in [-0.3, -0.25) is 0 Å². The van der Waals surface area contributed by atoms with Crippen LogP contribution >= 0.6 is 0 Å². The van der Waals surface area contributed by atoms with Gasteiger partial charge in [-0.05, 0) is 6.07 Å². The first-order valence-corrected chi connectivity index (χ1v) is 5.28. The zero-order chi connectivity index (χ0) is 14.3. The fourth-order valence-electron chi connectivity index (χ4n) is 1.27. The van der Waals surface area contributed by atoms with Gasteiger partial charge < -0.3 is 20.1 Å². The van der Waals surface area contributed by atoms with E-state index in [9.17, 15) is 19.8 Å². The number of carbonyl (C=O) groups excluding carboxylic acids is 1. The third-order valence-corrected chi connectivity index (χ3v) is 2.12. The van der Waals surface area contributed by atoms with Gasteiger partial charge in [0.2, 0.25) is 0 Å². The Labute approximate surface area is 128 Å². The summed E-state index contributed by atoms with van der Waals surface area (Å²) in [6, 6.07) is 13.6. The molecule has 0 atom stereocenters. The summed E-state index contributed by atoms with van der Waals surface area (Å²) in [5, 5.41) is 29.1. The number of benzene rings is 2. The minimum absolute atomic E-state index is 0. The fourth-order valence-corrected chi connectivity index (χ4v) is 1.27. The van der Waals surface area contributed by atoms with Crippen molar-refractivity contribution < 1.29 is 44.4 Å². The van der Waals surface area contributed by atoms with E-state index in [1.807, 2.05) is 6.07 Å². The molecule has 0 bridgehead atoms. The van der Waals surface area contributed by atoms with E-state index in [1.54, 1.807) is 12.1 Å². The van der Waals surface area contributed by atoms with Crippen LogP contribution in [0.5, 0.6) is 5.75 Å². The molecule has 0 unspecified atom stereocenters. The molecule has 0 aromatic heterocycles. The summed E-state index contributed by atoms with van der Waals surface area (Å²) in [7, 11) is 0. The number of hydrogen-bond donors (Lipinski definition) is 1. The molecule has 0 saturated heterocycles. The van der Waals surface area contributed by atoms with Crippen LogP contribution in [0.2, 0.25) is 0 Å². The Kier molecular flexibility index (Phi) is 7.86. The van der Waals surface area contributed by atoms with Gasteiger partial charge in [-0.1, -0.05) is 48.5 Å². The standard InChI is InChI=1S/C8H6O4.C6H6O.Zn/c9-7(10)5-3-1-2-4-6(5)8(11)12;7-6-4-2-1-3-5-6;/h1-4H,(H,9,10)(H,11,12);1-5,7H;/q;;+2/p-2. The number of carboxylic acid groups (broad SMARTS) is 2. The van der Waals surface area contributed by atoms with Crippen molar-refractivity contribution in [2.75, 3.05) is 0 Å². The van der Waals surface area contributed by atoms with Gasteiger partial charge in [0.25, 0.3) is 0 Å². The molecule has 0 amide bonds. The molecule has 0 aliphatic rings. The topological polar surface area (TPSA) is 100 Å². The van der Waals surface area contributed by atoms with Crippen LogP contribution in [0, 0.1) is 0 Å². The summed E-state index contributed by atoms with van der Waals surface area (Å²) in [6.07, 6.45) is 0. The molecule has 2 aromatic rings. The Morgan fingerprint density at radius 3 is 1.60 bits per heavy atom. The van der Waals surface area contributed by atoms with Crippen LogP contribution in [0.25, 0.3) is 0 Å². The summed E-state index contributed by atoms with van der Waals surface area (Å²) >= 11 is 0. The smallest absolute Gasteiger partial charge is 0.872 e. The fraction of sp³-hybridized carbons (Fsp3) is 0. The van der Waals surface area contributed by atoms with Crippen molar-refractivity contribution in [2.45, 2.75) is 0 Å². The number of carboxylic acids is 2. The van der Waals surface area contributed by atoms with Gasteiger partial charge in [-0.2, -0.15) is 0 Å². The Morgan fingerprint density at radius 1 is 0.850 bits per heavy atom. The first kappa shape index (κ1) is 17.8. The van der Waals surface area contributed by atoms with E-state index in [0.717, 1.165) is 0 Å². The van der Waals surface area contributed by atoms with Crippen LogP contribution in [-0.4, -0.2) is 17.0 Å². The number of aromatic carboxylic acids is 2. The van der Waals surface area contributed by atoms with E-state index in [1.165, 1.54) is 36.4 Å². The van der Waals surface area contributed by atoms with Crippen LogP contribution in [0.3, 0.4) is 0 Å². The molecular formula is C14H10O5Zn. The second-order valence-electron chi connectivity index (χ2n) is 3.45. The molecule has 0 heterocycles. The van der Waals surface area contributed by atoms with Crippen LogP contribution in [0.1, 0.15) is 20.7 Å². The molecule has 98 valence electrons. The normalized spacial score (nSPS) is 8.60. The molecule has 0 aliphatic heterocycles. The van der Waals surface area contributed by atoms with E-state index in [4.69, 9.17) is 5.11 Å². The summed E-state index contributed by atoms with van der Waals surface area (Å²) in [4.78, 5) is 20.8. The van der Waals surface area contributed by atoms with E-state index >= 15 is 0 Å². The van der Waals surface area contributed by atoms with Gasteiger partial charge >= 0.3 is 25.4 Å². The van der Waals surface area contributed by atoms with Crippen LogP contribution in [0.15, 0.2) is 54.6 Å². The number of rotatable bonds is 2. The van der Waals surface area contributed by atoms with Crippen LogP contribution in [0.4, 0.5) is 0 Å². The largest absolute Gasteiger partial charge is 2.00 e. The van der Waals surface area contributed by atoms with Gasteiger partial charge in [-0.25, -0.2) is 4.79 Å². The van der Waals surface area contributed by atoms with E-state index in [2.05, 4.69) is 0 Å². The quantitative estimate of drug-likeness (QED) is 0.811. The predicted octanol–water partition coefficient (Wildman–Crippen LogP) is 0.506. The van der Waals surface area contributed by atoms with E-state index in [-0.39, 0.29) is 36.4 Å². The molecule has 0 aliphatic carbocycles. The van der Waals surface area contributed by atoms with Crippen molar-refractivity contribution in [3.8, 4) is 5.75 Å². The first-order chi connectivity index (χ1) is 9.02. The minimum atomic E-state index is -1.48. The Bertz CT molecular complexity index is 536. The molecular weight excluding hydrogens is 314 g/mol. The summed E-state index contributed by atoms with van der Waals surface area (Å²) in [5.41, 5.74) is -0.553. The monoisotopic (exact) mass is 322 g/mol. The van der Waals surface area contributed by atoms with Gasteiger partial charge in [0.1, 0.15) is 0 Å². The van der Waals surface area contributed by atoms with E-state index < -0.39 is 11.9 Å². The van der Waals surface area contributed by atoms with Crippen molar-refractivity contribution in [3.05, 3.63) is 65.7 Å². The maximum Gasteiger partial charge on any atom is 2.00 e. The molecule has 1 N–H and O–H groups in total. The number of para-hydroxylation sites is 1. The van der Waals surface area contributed by atoms with Gasteiger partial charge in [0.05, 0.1) is 11.5 Å². The van der Waals surface area contributed by atoms with Crippen molar-refractivity contribution in [1.82, 2.24) is 0 Å². The summed E-state index contributed by atoms with van der Waals surface area (Å²) in [6.45, 7) is 0. The Morgan fingerprint density at radius 2 is 1.30 bits per heavy atom. The maximum absolute atomic E-state index is 10.4. The average molecular weight is 324 g/mol. The molecule has 0 saturated carbocycles. The molecule has 6 heteroatoms. The molecule has 20 heavy (non-hydrogen) atoms. The minimum Gasteiger partial charge on any atom is -0.872 e. The van der Waals surface area contributed by atoms with Crippen molar-refractivity contribution in [3.63, 3.8) is 0 Å². The Balaban J connectivity index is 0.000000387. The second-order valence-corrected chi connectivity index (χ2v) is 3.45. The zero-order valence-electron chi connectivity index (χ0n) is 10.5. The zero-order valence-corrected chi connectivity index (χ0v) is 13.5.